The Bertz CT molecular complexity index is 672. The average molecular weight is 308 g/mol. The first-order valence-electron chi connectivity index (χ1n) is 6.43. The fourth-order valence-electron chi connectivity index (χ4n) is 2.68. The minimum Gasteiger partial charge on any atom is -0.496 e. The minimum absolute atomic E-state index is 0.615. The lowest BCUT2D eigenvalue weighted by atomic mass is 9.91. The van der Waals surface area contributed by atoms with Gasteiger partial charge in [-0.05, 0) is 30.7 Å². The number of methoxy groups -OCH3 is 1. The summed E-state index contributed by atoms with van der Waals surface area (Å²) in [6.07, 6.45) is 0. The Morgan fingerprint density at radius 3 is 2.70 bits per heavy atom. The summed E-state index contributed by atoms with van der Waals surface area (Å²) in [6.45, 7) is 2.60. The number of para-hydroxylation sites is 1. The summed E-state index contributed by atoms with van der Waals surface area (Å²) in [6, 6.07) is 11.8. The van der Waals surface area contributed by atoms with Crippen LogP contribution >= 0.6 is 23.2 Å². The van der Waals surface area contributed by atoms with Crippen molar-refractivity contribution in [3.63, 3.8) is 0 Å². The van der Waals surface area contributed by atoms with Crippen molar-refractivity contribution in [2.24, 2.45) is 0 Å². The van der Waals surface area contributed by atoms with E-state index in [4.69, 9.17) is 27.9 Å². The van der Waals surface area contributed by atoms with Gasteiger partial charge in [0.15, 0.2) is 0 Å². The standard InChI is InChI=1S/C16H15Cl2NO/c1-10-7-14-12(8-13(10)17)16(18,9-19-14)11-5-3-4-6-15(11)20-2/h3-8,19H,9H2,1-2H3. The molecule has 0 spiro atoms. The highest BCUT2D eigenvalue weighted by atomic mass is 35.5. The maximum absolute atomic E-state index is 6.93. The van der Waals surface area contributed by atoms with Gasteiger partial charge < -0.3 is 10.1 Å². The third kappa shape index (κ3) is 1.95. The summed E-state index contributed by atoms with van der Waals surface area (Å²) >= 11 is 13.2. The normalized spacial score (nSPS) is 20.4. The van der Waals surface area contributed by atoms with E-state index in [1.165, 1.54) is 0 Å². The zero-order valence-corrected chi connectivity index (χ0v) is 12.8. The van der Waals surface area contributed by atoms with Gasteiger partial charge in [-0.15, -0.1) is 11.6 Å². The molecule has 0 fully saturated rings. The SMILES string of the molecule is COc1ccccc1C1(Cl)CNc2cc(C)c(Cl)cc21. The van der Waals surface area contributed by atoms with Crippen molar-refractivity contribution in [1.29, 1.82) is 0 Å². The van der Waals surface area contributed by atoms with Crippen molar-refractivity contribution in [2.45, 2.75) is 11.8 Å². The van der Waals surface area contributed by atoms with Crippen LogP contribution in [-0.2, 0) is 4.87 Å². The molecule has 0 bridgehead atoms. The number of benzene rings is 2. The number of anilines is 1. The Hall–Kier alpha value is -1.38. The van der Waals surface area contributed by atoms with Crippen molar-refractivity contribution >= 4 is 28.9 Å². The highest BCUT2D eigenvalue weighted by molar-refractivity contribution is 6.32. The van der Waals surface area contributed by atoms with Gasteiger partial charge in [-0.2, -0.15) is 0 Å². The fourth-order valence-corrected chi connectivity index (χ4v) is 3.22. The second-order valence-corrected chi connectivity index (χ2v) is 6.05. The molecule has 2 nitrogen and oxygen atoms in total. The molecule has 2 aromatic carbocycles. The zero-order valence-electron chi connectivity index (χ0n) is 11.3. The molecule has 1 atom stereocenters. The Morgan fingerprint density at radius 1 is 1.20 bits per heavy atom. The van der Waals surface area contributed by atoms with Gasteiger partial charge in [0.25, 0.3) is 0 Å². The van der Waals surface area contributed by atoms with E-state index in [2.05, 4.69) is 5.32 Å². The predicted molar refractivity (Wildman–Crippen MR) is 84.3 cm³/mol. The van der Waals surface area contributed by atoms with Gasteiger partial charge in [0.05, 0.1) is 7.11 Å². The van der Waals surface area contributed by atoms with Crippen molar-refractivity contribution < 1.29 is 4.74 Å². The maximum Gasteiger partial charge on any atom is 0.124 e. The first-order valence-corrected chi connectivity index (χ1v) is 7.19. The van der Waals surface area contributed by atoms with Gasteiger partial charge >= 0.3 is 0 Å². The highest BCUT2D eigenvalue weighted by Crippen LogP contribution is 2.49. The van der Waals surface area contributed by atoms with E-state index >= 15 is 0 Å². The lowest BCUT2D eigenvalue weighted by molar-refractivity contribution is 0.406. The lowest BCUT2D eigenvalue weighted by Crippen LogP contribution is -2.23. The smallest absolute Gasteiger partial charge is 0.124 e. The molecule has 0 saturated heterocycles. The third-order valence-electron chi connectivity index (χ3n) is 3.78. The Labute approximate surface area is 128 Å². The summed E-state index contributed by atoms with van der Waals surface area (Å²) in [5, 5.41) is 4.09. The molecule has 0 amide bonds. The van der Waals surface area contributed by atoms with Crippen LogP contribution in [0.3, 0.4) is 0 Å². The van der Waals surface area contributed by atoms with Gasteiger partial charge in [-0.1, -0.05) is 29.8 Å². The second-order valence-electron chi connectivity index (χ2n) is 5.00. The molecule has 4 heteroatoms. The van der Waals surface area contributed by atoms with Crippen LogP contribution in [0.15, 0.2) is 36.4 Å². The summed E-state index contributed by atoms with van der Waals surface area (Å²) in [5.41, 5.74) is 4.03. The summed E-state index contributed by atoms with van der Waals surface area (Å²) in [5.74, 6) is 0.786. The van der Waals surface area contributed by atoms with E-state index in [9.17, 15) is 0 Å². The predicted octanol–water partition coefficient (Wildman–Crippen LogP) is 4.56. The molecule has 1 aliphatic heterocycles. The lowest BCUT2D eigenvalue weighted by Gasteiger charge is -2.24. The average Bonchev–Trinajstić information content (AvgIpc) is 2.78. The van der Waals surface area contributed by atoms with E-state index in [1.54, 1.807) is 7.11 Å². The summed E-state index contributed by atoms with van der Waals surface area (Å²) in [4.78, 5) is -0.653. The molecule has 1 N–H and O–H groups in total. The second kappa shape index (κ2) is 4.87. The number of nitrogens with one attached hydrogen (secondary N) is 1. The molecule has 0 saturated carbocycles. The molecule has 104 valence electrons. The van der Waals surface area contributed by atoms with Crippen LogP contribution in [0.4, 0.5) is 5.69 Å². The largest absolute Gasteiger partial charge is 0.496 e. The number of hydrogen-bond acceptors (Lipinski definition) is 2. The number of rotatable bonds is 2. The van der Waals surface area contributed by atoms with E-state index < -0.39 is 4.87 Å². The topological polar surface area (TPSA) is 21.3 Å². The third-order valence-corrected chi connectivity index (χ3v) is 4.73. The molecule has 0 aliphatic carbocycles. The van der Waals surface area contributed by atoms with Crippen molar-refractivity contribution in [3.8, 4) is 5.75 Å². The van der Waals surface area contributed by atoms with Crippen LogP contribution in [0.5, 0.6) is 5.75 Å². The summed E-state index contributed by atoms with van der Waals surface area (Å²) in [7, 11) is 1.66. The van der Waals surface area contributed by atoms with Crippen LogP contribution in [0.25, 0.3) is 0 Å². The molecule has 1 unspecified atom stereocenters. The van der Waals surface area contributed by atoms with Gasteiger partial charge in [0, 0.05) is 28.4 Å². The first-order chi connectivity index (χ1) is 9.56. The monoisotopic (exact) mass is 307 g/mol. The van der Waals surface area contributed by atoms with Gasteiger partial charge in [0.1, 0.15) is 10.6 Å². The Kier molecular flexibility index (Phi) is 3.31. The molecule has 1 aliphatic rings. The number of halogens is 2. The maximum atomic E-state index is 6.93. The van der Waals surface area contributed by atoms with Crippen LogP contribution in [0.2, 0.25) is 5.02 Å². The molecule has 20 heavy (non-hydrogen) atoms. The summed E-state index contributed by atoms with van der Waals surface area (Å²) < 4.78 is 5.45. The van der Waals surface area contributed by atoms with Gasteiger partial charge in [-0.3, -0.25) is 0 Å². The molecule has 1 heterocycles. The molecular weight excluding hydrogens is 293 g/mol. The molecule has 0 radical (unpaired) electrons. The zero-order chi connectivity index (χ0) is 14.3. The minimum atomic E-state index is -0.653. The van der Waals surface area contributed by atoms with Crippen LogP contribution < -0.4 is 10.1 Å². The van der Waals surface area contributed by atoms with E-state index in [-0.39, 0.29) is 0 Å². The number of aryl methyl sites for hydroxylation is 1. The Balaban J connectivity index is 2.19. The molecule has 3 rings (SSSR count). The van der Waals surface area contributed by atoms with Crippen molar-refractivity contribution in [1.82, 2.24) is 0 Å². The van der Waals surface area contributed by atoms with Crippen LogP contribution in [0.1, 0.15) is 16.7 Å². The Morgan fingerprint density at radius 2 is 1.95 bits per heavy atom. The van der Waals surface area contributed by atoms with E-state index in [1.807, 2.05) is 43.3 Å². The quantitative estimate of drug-likeness (QED) is 0.821. The molecule has 0 aromatic heterocycles. The first kappa shape index (κ1) is 13.6. The van der Waals surface area contributed by atoms with Crippen LogP contribution in [-0.4, -0.2) is 13.7 Å². The van der Waals surface area contributed by atoms with E-state index in [0.29, 0.717) is 6.54 Å². The number of alkyl halides is 1. The highest BCUT2D eigenvalue weighted by Gasteiger charge is 2.41. The number of ether oxygens (including phenoxy) is 1. The molecular formula is C16H15Cl2NO. The fraction of sp³-hybridized carbons (Fsp3) is 0.250. The number of hydrogen-bond donors (Lipinski definition) is 1. The van der Waals surface area contributed by atoms with E-state index in [0.717, 1.165) is 33.1 Å². The number of fused-ring (bicyclic) bond motifs is 1. The van der Waals surface area contributed by atoms with Gasteiger partial charge in [-0.25, -0.2) is 0 Å². The van der Waals surface area contributed by atoms with Gasteiger partial charge in [0.2, 0.25) is 0 Å². The van der Waals surface area contributed by atoms with Crippen molar-refractivity contribution in [2.75, 3.05) is 19.0 Å². The molecule has 2 aromatic rings. The van der Waals surface area contributed by atoms with Crippen molar-refractivity contribution in [3.05, 3.63) is 58.1 Å². The van der Waals surface area contributed by atoms with Crippen LogP contribution in [0, 0.1) is 6.92 Å².